The van der Waals surface area contributed by atoms with Gasteiger partial charge in [-0.2, -0.15) is 5.10 Å². The Morgan fingerprint density at radius 1 is 1.27 bits per heavy atom. The Kier molecular flexibility index (Phi) is 4.55. The normalized spacial score (nSPS) is 22.4. The Morgan fingerprint density at radius 3 is 2.92 bits per heavy atom. The van der Waals surface area contributed by atoms with E-state index in [9.17, 15) is 4.79 Å². The number of ether oxygens (including phenoxy) is 2. The van der Waals surface area contributed by atoms with Crippen LogP contribution in [0.3, 0.4) is 0 Å². The van der Waals surface area contributed by atoms with Gasteiger partial charge in [-0.05, 0) is 56.6 Å². The first kappa shape index (κ1) is 16.9. The topological polar surface area (TPSA) is 68.6 Å². The van der Waals surface area contributed by atoms with Gasteiger partial charge in [-0.1, -0.05) is 0 Å². The molecule has 7 nitrogen and oxygen atoms in total. The maximum atomic E-state index is 12.6. The molecular formula is C19H24N4O3. The van der Waals surface area contributed by atoms with E-state index in [1.807, 2.05) is 17.9 Å². The molecule has 2 aliphatic rings. The summed E-state index contributed by atoms with van der Waals surface area (Å²) in [7, 11) is 4.11. The Hall–Kier alpha value is -2.54. The molecule has 4 rings (SSSR count). The van der Waals surface area contributed by atoms with E-state index in [0.29, 0.717) is 29.5 Å². The van der Waals surface area contributed by atoms with Gasteiger partial charge in [0.1, 0.15) is 0 Å². The highest BCUT2D eigenvalue weighted by molar-refractivity contribution is 5.94. The molecule has 138 valence electrons. The summed E-state index contributed by atoms with van der Waals surface area (Å²) in [6.07, 6.45) is 4.05. The van der Waals surface area contributed by atoms with Gasteiger partial charge in [0.2, 0.25) is 6.79 Å². The third-order valence-electron chi connectivity index (χ3n) is 5.33. The number of nitrogens with one attached hydrogen (secondary N) is 1. The van der Waals surface area contributed by atoms with Crippen LogP contribution in [0.1, 0.15) is 34.9 Å². The van der Waals surface area contributed by atoms with E-state index in [-0.39, 0.29) is 18.7 Å². The number of carbonyl (C=O) groups excluding carboxylic acids is 1. The lowest BCUT2D eigenvalue weighted by Crippen LogP contribution is -2.42. The lowest BCUT2D eigenvalue weighted by atomic mass is 9.87. The number of nitrogens with zero attached hydrogens (tertiary/aromatic N) is 3. The molecule has 1 fully saturated rings. The number of hydrogen-bond donors (Lipinski definition) is 1. The standard InChI is InChI=1S/C19H24N4O3/c1-22-9-3-4-14(18(22)15-7-8-21-23(15)2)11-20-19(24)13-5-6-16-17(10-13)26-12-25-16/h5-8,10,14,18H,3-4,9,11-12H2,1-2H3,(H,20,24)/t14-,18+/m0/s1. The zero-order valence-electron chi connectivity index (χ0n) is 15.1. The van der Waals surface area contributed by atoms with Crippen molar-refractivity contribution >= 4 is 5.91 Å². The summed E-state index contributed by atoms with van der Waals surface area (Å²) >= 11 is 0. The minimum absolute atomic E-state index is 0.0831. The first-order chi connectivity index (χ1) is 12.6. The van der Waals surface area contributed by atoms with E-state index in [0.717, 1.165) is 19.4 Å². The molecule has 3 heterocycles. The summed E-state index contributed by atoms with van der Waals surface area (Å²) in [5.74, 6) is 1.58. The van der Waals surface area contributed by atoms with E-state index in [1.54, 1.807) is 18.2 Å². The molecule has 26 heavy (non-hydrogen) atoms. The van der Waals surface area contributed by atoms with Crippen molar-refractivity contribution in [3.05, 3.63) is 41.7 Å². The van der Waals surface area contributed by atoms with E-state index >= 15 is 0 Å². The number of carbonyl (C=O) groups is 1. The van der Waals surface area contributed by atoms with Gasteiger partial charge >= 0.3 is 0 Å². The van der Waals surface area contributed by atoms with Gasteiger partial charge in [0.05, 0.1) is 11.7 Å². The third-order valence-corrected chi connectivity index (χ3v) is 5.33. The van der Waals surface area contributed by atoms with Crippen LogP contribution in [0.5, 0.6) is 11.5 Å². The fraction of sp³-hybridized carbons (Fsp3) is 0.474. The van der Waals surface area contributed by atoms with E-state index in [1.165, 1.54) is 5.69 Å². The molecule has 0 unspecified atom stereocenters. The number of aryl methyl sites for hydroxylation is 1. The summed E-state index contributed by atoms with van der Waals surface area (Å²) < 4.78 is 12.6. The summed E-state index contributed by atoms with van der Waals surface area (Å²) in [5, 5.41) is 7.41. The number of benzene rings is 1. The molecule has 1 aromatic heterocycles. The van der Waals surface area contributed by atoms with Gasteiger partial charge < -0.3 is 14.8 Å². The maximum absolute atomic E-state index is 12.6. The van der Waals surface area contributed by atoms with Crippen molar-refractivity contribution in [1.82, 2.24) is 20.0 Å². The van der Waals surface area contributed by atoms with E-state index < -0.39 is 0 Å². The van der Waals surface area contributed by atoms with Crippen LogP contribution in [0.4, 0.5) is 0 Å². The largest absolute Gasteiger partial charge is 0.454 e. The highest BCUT2D eigenvalue weighted by Gasteiger charge is 2.32. The molecule has 2 atom stereocenters. The third kappa shape index (κ3) is 3.14. The highest BCUT2D eigenvalue weighted by atomic mass is 16.7. The highest BCUT2D eigenvalue weighted by Crippen LogP contribution is 2.35. The van der Waals surface area contributed by atoms with Crippen molar-refractivity contribution in [2.75, 3.05) is 26.9 Å². The molecule has 0 aliphatic carbocycles. The average molecular weight is 356 g/mol. The molecule has 0 radical (unpaired) electrons. The number of fused-ring (bicyclic) bond motifs is 1. The number of amides is 1. The zero-order chi connectivity index (χ0) is 18.1. The summed E-state index contributed by atoms with van der Waals surface area (Å²) in [6.45, 7) is 1.90. The van der Waals surface area contributed by atoms with Crippen LogP contribution in [-0.4, -0.2) is 47.5 Å². The Bertz CT molecular complexity index is 804. The van der Waals surface area contributed by atoms with Gasteiger partial charge in [-0.3, -0.25) is 14.4 Å². The average Bonchev–Trinajstić information content (AvgIpc) is 3.27. The number of piperidine rings is 1. The molecule has 1 aromatic carbocycles. The van der Waals surface area contributed by atoms with Gasteiger partial charge in [-0.15, -0.1) is 0 Å². The first-order valence-corrected chi connectivity index (χ1v) is 8.99. The first-order valence-electron chi connectivity index (χ1n) is 8.99. The Morgan fingerprint density at radius 2 is 2.12 bits per heavy atom. The second kappa shape index (κ2) is 6.99. The zero-order valence-corrected chi connectivity index (χ0v) is 15.1. The van der Waals surface area contributed by atoms with E-state index in [2.05, 4.69) is 28.4 Å². The Labute approximate surface area is 152 Å². The van der Waals surface area contributed by atoms with Gasteiger partial charge in [0, 0.05) is 25.4 Å². The van der Waals surface area contributed by atoms with Crippen LogP contribution in [0.15, 0.2) is 30.5 Å². The molecule has 2 aliphatic heterocycles. The summed E-state index contributed by atoms with van der Waals surface area (Å²) in [4.78, 5) is 14.9. The maximum Gasteiger partial charge on any atom is 0.251 e. The minimum atomic E-state index is -0.0831. The fourth-order valence-electron chi connectivity index (χ4n) is 3.98. The van der Waals surface area contributed by atoms with Crippen LogP contribution in [0.2, 0.25) is 0 Å². The minimum Gasteiger partial charge on any atom is -0.454 e. The van der Waals surface area contributed by atoms with Gasteiger partial charge in [-0.25, -0.2) is 0 Å². The predicted octanol–water partition coefficient (Wildman–Crippen LogP) is 1.96. The molecule has 1 saturated heterocycles. The van der Waals surface area contributed by atoms with Gasteiger partial charge in [0.15, 0.2) is 11.5 Å². The van der Waals surface area contributed by atoms with Crippen LogP contribution < -0.4 is 14.8 Å². The van der Waals surface area contributed by atoms with Crippen molar-refractivity contribution in [2.45, 2.75) is 18.9 Å². The molecule has 1 amide bonds. The molecule has 0 bridgehead atoms. The fourth-order valence-corrected chi connectivity index (χ4v) is 3.98. The van der Waals surface area contributed by atoms with Crippen LogP contribution in [0, 0.1) is 5.92 Å². The quantitative estimate of drug-likeness (QED) is 0.907. The van der Waals surface area contributed by atoms with Crippen LogP contribution in [0.25, 0.3) is 0 Å². The lowest BCUT2D eigenvalue weighted by molar-refractivity contribution is 0.0880. The molecule has 0 saturated carbocycles. The Balaban J connectivity index is 1.45. The summed E-state index contributed by atoms with van der Waals surface area (Å²) in [6, 6.07) is 7.62. The predicted molar refractivity (Wildman–Crippen MR) is 96.2 cm³/mol. The van der Waals surface area contributed by atoms with Crippen molar-refractivity contribution in [1.29, 1.82) is 0 Å². The van der Waals surface area contributed by atoms with Crippen molar-refractivity contribution in [2.24, 2.45) is 13.0 Å². The molecule has 0 spiro atoms. The van der Waals surface area contributed by atoms with Crippen LogP contribution in [-0.2, 0) is 7.05 Å². The monoisotopic (exact) mass is 356 g/mol. The second-order valence-corrected chi connectivity index (χ2v) is 6.99. The smallest absolute Gasteiger partial charge is 0.251 e. The molecular weight excluding hydrogens is 332 g/mol. The molecule has 7 heteroatoms. The SMILES string of the molecule is CN1CCC[C@@H](CNC(=O)c2ccc3c(c2)OCO3)[C@@H]1c1ccnn1C. The van der Waals surface area contributed by atoms with Crippen LogP contribution >= 0.6 is 0 Å². The van der Waals surface area contributed by atoms with Crippen molar-refractivity contribution < 1.29 is 14.3 Å². The number of hydrogen-bond acceptors (Lipinski definition) is 5. The molecule has 1 N–H and O–H groups in total. The lowest BCUT2D eigenvalue weighted by Gasteiger charge is -2.39. The van der Waals surface area contributed by atoms with Crippen molar-refractivity contribution in [3.8, 4) is 11.5 Å². The summed E-state index contributed by atoms with van der Waals surface area (Å²) in [5.41, 5.74) is 1.78. The van der Waals surface area contributed by atoms with E-state index in [4.69, 9.17) is 9.47 Å². The number of rotatable bonds is 4. The van der Waals surface area contributed by atoms with Gasteiger partial charge in [0.25, 0.3) is 5.91 Å². The number of aromatic nitrogens is 2. The number of likely N-dealkylation sites (tertiary alicyclic amines) is 1. The molecule has 2 aromatic rings. The second-order valence-electron chi connectivity index (χ2n) is 6.99. The van der Waals surface area contributed by atoms with Crippen molar-refractivity contribution in [3.63, 3.8) is 0 Å².